The van der Waals surface area contributed by atoms with E-state index in [-0.39, 0.29) is 5.91 Å². The van der Waals surface area contributed by atoms with E-state index in [2.05, 4.69) is 0 Å². The second kappa shape index (κ2) is 2.76. The van der Waals surface area contributed by atoms with E-state index >= 15 is 0 Å². The van der Waals surface area contributed by atoms with Gasteiger partial charge in [-0.25, -0.2) is 0 Å². The smallest absolute Gasteiger partial charge is 0.231 e. The Hall–Kier alpha value is -1.51. The van der Waals surface area contributed by atoms with Crippen molar-refractivity contribution in [1.82, 2.24) is 0 Å². The molecule has 0 radical (unpaired) electrons. The van der Waals surface area contributed by atoms with Gasteiger partial charge in [-0.2, -0.15) is 0 Å². The van der Waals surface area contributed by atoms with Crippen molar-refractivity contribution in [3.8, 4) is 5.75 Å². The molecule has 3 nitrogen and oxygen atoms in total. The van der Waals surface area contributed by atoms with E-state index in [0.29, 0.717) is 6.42 Å². The molecule has 13 heavy (non-hydrogen) atoms. The van der Waals surface area contributed by atoms with Crippen LogP contribution in [0.5, 0.6) is 5.75 Å². The van der Waals surface area contributed by atoms with Crippen molar-refractivity contribution in [2.45, 2.75) is 6.42 Å². The Morgan fingerprint density at radius 1 is 1.46 bits per heavy atom. The van der Waals surface area contributed by atoms with Crippen LogP contribution in [-0.2, 0) is 11.2 Å². The molecular weight excluding hydrogens is 166 g/mol. The average molecular weight is 177 g/mol. The molecule has 2 rings (SSSR count). The summed E-state index contributed by atoms with van der Waals surface area (Å²) in [4.78, 5) is 13.0. The summed E-state index contributed by atoms with van der Waals surface area (Å²) < 4.78 is 5.18. The number of fused-ring (bicyclic) bond motifs is 1. The number of hydrogen-bond donors (Lipinski definition) is 0. The maximum atomic E-state index is 11.4. The third-order valence-electron chi connectivity index (χ3n) is 2.35. The van der Waals surface area contributed by atoms with Crippen molar-refractivity contribution in [3.63, 3.8) is 0 Å². The number of amides is 1. The molecule has 0 bridgehead atoms. The van der Waals surface area contributed by atoms with Crippen LogP contribution in [0.3, 0.4) is 0 Å². The number of nitrogens with zero attached hydrogens (tertiary/aromatic N) is 1. The monoisotopic (exact) mass is 177 g/mol. The van der Waals surface area contributed by atoms with Crippen molar-refractivity contribution < 1.29 is 9.53 Å². The standard InChI is InChI=1S/C10H11NO2/c1-11-9(12)6-7-4-3-5-8(13-2)10(7)11/h3-5H,6H2,1-2H3. The van der Waals surface area contributed by atoms with Crippen LogP contribution < -0.4 is 9.64 Å². The zero-order valence-electron chi connectivity index (χ0n) is 7.70. The number of benzene rings is 1. The Morgan fingerprint density at radius 2 is 2.23 bits per heavy atom. The fourth-order valence-corrected chi connectivity index (χ4v) is 1.66. The number of likely N-dealkylation sites (N-methyl/N-ethyl adjacent to an activating group) is 1. The van der Waals surface area contributed by atoms with Crippen LogP contribution >= 0.6 is 0 Å². The van der Waals surface area contributed by atoms with Crippen LogP contribution in [0.25, 0.3) is 0 Å². The van der Waals surface area contributed by atoms with Crippen molar-refractivity contribution in [1.29, 1.82) is 0 Å². The number of para-hydroxylation sites is 1. The van der Waals surface area contributed by atoms with Gasteiger partial charge >= 0.3 is 0 Å². The number of hydrogen-bond acceptors (Lipinski definition) is 2. The summed E-state index contributed by atoms with van der Waals surface area (Å²) in [6, 6.07) is 5.73. The lowest BCUT2D eigenvalue weighted by molar-refractivity contribution is -0.117. The minimum absolute atomic E-state index is 0.125. The van der Waals surface area contributed by atoms with Gasteiger partial charge in [0.1, 0.15) is 5.75 Å². The molecule has 0 aliphatic carbocycles. The van der Waals surface area contributed by atoms with Crippen molar-refractivity contribution in [2.75, 3.05) is 19.1 Å². The second-order valence-electron chi connectivity index (χ2n) is 3.10. The largest absolute Gasteiger partial charge is 0.495 e. The molecule has 0 unspecified atom stereocenters. The molecule has 0 saturated heterocycles. The molecule has 0 aromatic heterocycles. The Labute approximate surface area is 76.9 Å². The van der Waals surface area contributed by atoms with Crippen LogP contribution in [0.15, 0.2) is 18.2 Å². The third kappa shape index (κ3) is 1.08. The number of ether oxygens (including phenoxy) is 1. The van der Waals surface area contributed by atoms with E-state index in [1.807, 2.05) is 18.2 Å². The number of methoxy groups -OCH3 is 1. The molecule has 1 aliphatic heterocycles. The molecule has 1 aromatic carbocycles. The van der Waals surface area contributed by atoms with E-state index in [9.17, 15) is 4.79 Å². The topological polar surface area (TPSA) is 29.5 Å². The molecule has 1 aliphatic rings. The predicted octanol–water partition coefficient (Wildman–Crippen LogP) is 1.21. The third-order valence-corrected chi connectivity index (χ3v) is 2.35. The molecule has 0 atom stereocenters. The Kier molecular flexibility index (Phi) is 1.72. The van der Waals surface area contributed by atoms with Crippen molar-refractivity contribution in [3.05, 3.63) is 23.8 Å². The molecule has 0 spiro atoms. The Bertz CT molecular complexity index is 360. The first-order valence-corrected chi connectivity index (χ1v) is 4.16. The van der Waals surface area contributed by atoms with E-state index in [1.165, 1.54) is 0 Å². The molecule has 0 N–H and O–H groups in total. The van der Waals surface area contributed by atoms with E-state index in [0.717, 1.165) is 17.0 Å². The lowest BCUT2D eigenvalue weighted by Gasteiger charge is -2.13. The van der Waals surface area contributed by atoms with Gasteiger partial charge in [0.05, 0.1) is 19.2 Å². The fraction of sp³-hybridized carbons (Fsp3) is 0.300. The molecular formula is C10H11NO2. The van der Waals surface area contributed by atoms with Crippen LogP contribution in [0.1, 0.15) is 5.56 Å². The predicted molar refractivity (Wildman–Crippen MR) is 50.1 cm³/mol. The summed E-state index contributed by atoms with van der Waals surface area (Å²) in [5.41, 5.74) is 1.96. The maximum absolute atomic E-state index is 11.4. The zero-order valence-corrected chi connectivity index (χ0v) is 7.70. The van der Waals surface area contributed by atoms with E-state index in [1.54, 1.807) is 19.1 Å². The molecule has 1 aromatic rings. The summed E-state index contributed by atoms with van der Waals surface area (Å²) in [6.07, 6.45) is 0.489. The number of rotatable bonds is 1. The zero-order chi connectivity index (χ0) is 9.42. The summed E-state index contributed by atoms with van der Waals surface area (Å²) in [5, 5.41) is 0. The molecule has 0 fully saturated rings. The van der Waals surface area contributed by atoms with Crippen molar-refractivity contribution >= 4 is 11.6 Å². The quantitative estimate of drug-likeness (QED) is 0.645. The first-order valence-electron chi connectivity index (χ1n) is 4.16. The highest BCUT2D eigenvalue weighted by Crippen LogP contribution is 2.36. The number of carbonyl (C=O) groups is 1. The summed E-state index contributed by atoms with van der Waals surface area (Å²) in [6.45, 7) is 0. The highest BCUT2D eigenvalue weighted by Gasteiger charge is 2.26. The summed E-state index contributed by atoms with van der Waals surface area (Å²) in [5.74, 6) is 0.894. The minimum atomic E-state index is 0.125. The van der Waals surface area contributed by atoms with Crippen LogP contribution in [0, 0.1) is 0 Å². The van der Waals surface area contributed by atoms with Gasteiger partial charge in [-0.3, -0.25) is 4.79 Å². The first kappa shape index (κ1) is 8.10. The molecule has 1 amide bonds. The van der Waals surface area contributed by atoms with Gasteiger partial charge < -0.3 is 9.64 Å². The van der Waals surface area contributed by atoms with Gasteiger partial charge in [-0.15, -0.1) is 0 Å². The van der Waals surface area contributed by atoms with Crippen molar-refractivity contribution in [2.24, 2.45) is 0 Å². The van der Waals surface area contributed by atoms with Gasteiger partial charge in [-0.05, 0) is 11.6 Å². The van der Waals surface area contributed by atoms with Crippen LogP contribution in [0.4, 0.5) is 5.69 Å². The Morgan fingerprint density at radius 3 is 2.92 bits per heavy atom. The Balaban J connectivity index is 2.57. The van der Waals surface area contributed by atoms with Gasteiger partial charge in [0.2, 0.25) is 5.91 Å². The van der Waals surface area contributed by atoms with Gasteiger partial charge in [-0.1, -0.05) is 12.1 Å². The van der Waals surface area contributed by atoms with Crippen LogP contribution in [0.2, 0.25) is 0 Å². The average Bonchev–Trinajstić information content (AvgIpc) is 2.43. The van der Waals surface area contributed by atoms with Gasteiger partial charge in [0.15, 0.2) is 0 Å². The SMILES string of the molecule is COc1cccc2c1N(C)C(=O)C2. The highest BCUT2D eigenvalue weighted by atomic mass is 16.5. The molecule has 1 heterocycles. The normalized spacial score (nSPS) is 14.6. The summed E-state index contributed by atoms with van der Waals surface area (Å²) >= 11 is 0. The highest BCUT2D eigenvalue weighted by molar-refractivity contribution is 6.02. The molecule has 0 saturated carbocycles. The fourth-order valence-electron chi connectivity index (χ4n) is 1.66. The first-order chi connectivity index (χ1) is 6.24. The maximum Gasteiger partial charge on any atom is 0.231 e. The number of carbonyl (C=O) groups excluding carboxylic acids is 1. The van der Waals surface area contributed by atoms with Gasteiger partial charge in [0, 0.05) is 7.05 Å². The number of anilines is 1. The van der Waals surface area contributed by atoms with Gasteiger partial charge in [0.25, 0.3) is 0 Å². The second-order valence-corrected chi connectivity index (χ2v) is 3.10. The lowest BCUT2D eigenvalue weighted by Crippen LogP contribution is -2.21. The summed E-state index contributed by atoms with van der Waals surface area (Å²) in [7, 11) is 3.39. The molecule has 3 heteroatoms. The van der Waals surface area contributed by atoms with E-state index < -0.39 is 0 Å². The van der Waals surface area contributed by atoms with Crippen LogP contribution in [-0.4, -0.2) is 20.1 Å². The molecule has 68 valence electrons. The lowest BCUT2D eigenvalue weighted by atomic mass is 10.1. The minimum Gasteiger partial charge on any atom is -0.495 e. The van der Waals surface area contributed by atoms with E-state index in [4.69, 9.17) is 4.74 Å².